The first kappa shape index (κ1) is 13.9. The van der Waals surface area contributed by atoms with Crippen molar-refractivity contribution in [3.63, 3.8) is 0 Å². The van der Waals surface area contributed by atoms with Crippen LogP contribution >= 0.6 is 0 Å². The van der Waals surface area contributed by atoms with E-state index in [-0.39, 0.29) is 4.90 Å². The van der Waals surface area contributed by atoms with Crippen LogP contribution in [0.1, 0.15) is 19.8 Å². The molecular formula is C12H16N4O2S. The molecule has 2 rings (SSSR count). The summed E-state index contributed by atoms with van der Waals surface area (Å²) >= 11 is 0. The number of nitrogens with zero attached hydrogens (tertiary/aromatic N) is 4. The van der Waals surface area contributed by atoms with Crippen molar-refractivity contribution in [2.24, 2.45) is 11.0 Å². The van der Waals surface area contributed by atoms with Crippen LogP contribution in [-0.4, -0.2) is 25.8 Å². The van der Waals surface area contributed by atoms with Gasteiger partial charge in [-0.3, -0.25) is 0 Å². The predicted molar refractivity (Wildman–Crippen MR) is 72.4 cm³/mol. The smallest absolute Gasteiger partial charge is 0.207 e. The summed E-state index contributed by atoms with van der Waals surface area (Å²) in [5, 5.41) is 3.44. The number of benzene rings is 1. The van der Waals surface area contributed by atoms with E-state index in [9.17, 15) is 8.42 Å². The van der Waals surface area contributed by atoms with Gasteiger partial charge >= 0.3 is 0 Å². The van der Waals surface area contributed by atoms with E-state index in [2.05, 4.69) is 16.9 Å². The second-order valence-electron chi connectivity index (χ2n) is 4.77. The van der Waals surface area contributed by atoms with Gasteiger partial charge in [0.15, 0.2) is 0 Å². The number of hydrogen-bond donors (Lipinski definition) is 0. The zero-order chi connectivity index (χ0) is 13.9. The molecule has 1 aromatic rings. The van der Waals surface area contributed by atoms with Crippen LogP contribution in [0.3, 0.4) is 0 Å². The van der Waals surface area contributed by atoms with Crippen LogP contribution in [0.15, 0.2) is 34.3 Å². The van der Waals surface area contributed by atoms with Crippen molar-refractivity contribution < 1.29 is 8.42 Å². The molecule has 19 heavy (non-hydrogen) atoms. The van der Waals surface area contributed by atoms with Crippen molar-refractivity contribution in [3.8, 4) is 0 Å². The lowest BCUT2D eigenvalue weighted by molar-refractivity contribution is 0.288. The first-order chi connectivity index (χ1) is 9.04. The third kappa shape index (κ3) is 3.07. The van der Waals surface area contributed by atoms with Crippen LogP contribution in [0.4, 0.5) is 5.69 Å². The van der Waals surface area contributed by atoms with E-state index >= 15 is 0 Å². The number of azide groups is 1. The number of piperidine rings is 1. The van der Waals surface area contributed by atoms with Crippen LogP contribution < -0.4 is 0 Å². The monoisotopic (exact) mass is 280 g/mol. The van der Waals surface area contributed by atoms with Crippen molar-refractivity contribution in [3.05, 3.63) is 34.7 Å². The predicted octanol–water partition coefficient (Wildman–Crippen LogP) is 3.05. The summed E-state index contributed by atoms with van der Waals surface area (Å²) in [6.07, 6.45) is 1.77. The van der Waals surface area contributed by atoms with E-state index in [1.165, 1.54) is 16.4 Å². The molecule has 0 saturated carbocycles. The maximum Gasteiger partial charge on any atom is 0.243 e. The molecule has 0 aliphatic carbocycles. The Morgan fingerprint density at radius 1 is 1.37 bits per heavy atom. The zero-order valence-corrected chi connectivity index (χ0v) is 11.5. The molecule has 0 aromatic heterocycles. The second kappa shape index (κ2) is 5.61. The van der Waals surface area contributed by atoms with E-state index in [0.717, 1.165) is 12.8 Å². The summed E-state index contributed by atoms with van der Waals surface area (Å²) in [5.41, 5.74) is 8.70. The quantitative estimate of drug-likeness (QED) is 0.484. The molecule has 0 unspecified atom stereocenters. The molecule has 6 nitrogen and oxygen atoms in total. The Hall–Kier alpha value is -1.56. The van der Waals surface area contributed by atoms with Crippen LogP contribution in [0.2, 0.25) is 0 Å². The molecule has 1 aromatic carbocycles. The molecule has 0 bridgehead atoms. The van der Waals surface area contributed by atoms with Gasteiger partial charge in [-0.2, -0.15) is 4.31 Å². The molecule has 1 fully saturated rings. The Kier molecular flexibility index (Phi) is 4.09. The molecule has 0 radical (unpaired) electrons. The molecule has 0 spiro atoms. The molecule has 1 saturated heterocycles. The highest BCUT2D eigenvalue weighted by molar-refractivity contribution is 7.89. The lowest BCUT2D eigenvalue weighted by atomic mass is 10.0. The average molecular weight is 280 g/mol. The molecule has 1 heterocycles. The van der Waals surface area contributed by atoms with Gasteiger partial charge in [-0.15, -0.1) is 0 Å². The SMILES string of the molecule is CC1CCN(S(=O)(=O)c2cccc(N=[N+]=[N-])c2)CC1. The summed E-state index contributed by atoms with van der Waals surface area (Å²) in [6, 6.07) is 6.11. The fourth-order valence-electron chi connectivity index (χ4n) is 2.13. The highest BCUT2D eigenvalue weighted by atomic mass is 32.2. The highest BCUT2D eigenvalue weighted by Crippen LogP contribution is 2.25. The molecule has 7 heteroatoms. The summed E-state index contributed by atoms with van der Waals surface area (Å²) in [4.78, 5) is 2.86. The lowest BCUT2D eigenvalue weighted by Gasteiger charge is -2.29. The van der Waals surface area contributed by atoms with E-state index in [4.69, 9.17) is 5.53 Å². The van der Waals surface area contributed by atoms with Gasteiger partial charge in [0, 0.05) is 23.7 Å². The molecule has 1 aliphatic rings. The van der Waals surface area contributed by atoms with Crippen molar-refractivity contribution in [1.29, 1.82) is 0 Å². The van der Waals surface area contributed by atoms with Crippen LogP contribution in [0, 0.1) is 5.92 Å². The molecule has 0 N–H and O–H groups in total. The first-order valence-electron chi connectivity index (χ1n) is 6.19. The molecular weight excluding hydrogens is 264 g/mol. The molecule has 0 amide bonds. The van der Waals surface area contributed by atoms with E-state index < -0.39 is 10.0 Å². The summed E-state index contributed by atoms with van der Waals surface area (Å²) in [7, 11) is -3.48. The Morgan fingerprint density at radius 2 is 2.05 bits per heavy atom. The van der Waals surface area contributed by atoms with Crippen molar-refractivity contribution in [2.45, 2.75) is 24.7 Å². The Balaban J connectivity index is 2.29. The van der Waals surface area contributed by atoms with Crippen molar-refractivity contribution >= 4 is 15.7 Å². The Morgan fingerprint density at radius 3 is 2.68 bits per heavy atom. The molecule has 0 atom stereocenters. The van der Waals surface area contributed by atoms with Gasteiger partial charge in [0.1, 0.15) is 0 Å². The fourth-order valence-corrected chi connectivity index (χ4v) is 3.64. The average Bonchev–Trinajstić information content (AvgIpc) is 2.40. The summed E-state index contributed by atoms with van der Waals surface area (Å²) in [6.45, 7) is 3.23. The topological polar surface area (TPSA) is 86.1 Å². The third-order valence-corrected chi connectivity index (χ3v) is 5.25. The van der Waals surface area contributed by atoms with Gasteiger partial charge in [-0.25, -0.2) is 8.42 Å². The van der Waals surface area contributed by atoms with Crippen molar-refractivity contribution in [2.75, 3.05) is 13.1 Å². The third-order valence-electron chi connectivity index (χ3n) is 3.36. The van der Waals surface area contributed by atoms with Crippen LogP contribution in [0.5, 0.6) is 0 Å². The van der Waals surface area contributed by atoms with Gasteiger partial charge in [0.2, 0.25) is 10.0 Å². The van der Waals surface area contributed by atoms with E-state index in [1.807, 2.05) is 0 Å². The van der Waals surface area contributed by atoms with E-state index in [1.54, 1.807) is 12.1 Å². The maximum absolute atomic E-state index is 12.4. The maximum atomic E-state index is 12.4. The molecule has 102 valence electrons. The standard InChI is InChI=1S/C12H16N4O2S/c1-10-5-7-16(8-6-10)19(17,18)12-4-2-3-11(9-12)14-15-13/h2-4,9-10H,5-8H2,1H3. The van der Waals surface area contributed by atoms with Crippen molar-refractivity contribution in [1.82, 2.24) is 4.31 Å². The van der Waals surface area contributed by atoms with Gasteiger partial charge in [-0.1, -0.05) is 24.2 Å². The Bertz CT molecular complexity index is 600. The fraction of sp³-hybridized carbons (Fsp3) is 0.500. The van der Waals surface area contributed by atoms with Gasteiger partial charge in [0.25, 0.3) is 0 Å². The minimum absolute atomic E-state index is 0.187. The summed E-state index contributed by atoms with van der Waals surface area (Å²) in [5.74, 6) is 0.570. The van der Waals surface area contributed by atoms with Gasteiger partial charge in [0.05, 0.1) is 4.90 Å². The first-order valence-corrected chi connectivity index (χ1v) is 7.63. The minimum Gasteiger partial charge on any atom is -0.207 e. The minimum atomic E-state index is -3.48. The summed E-state index contributed by atoms with van der Waals surface area (Å²) < 4.78 is 26.4. The number of sulfonamides is 1. The van der Waals surface area contributed by atoms with Gasteiger partial charge < -0.3 is 0 Å². The molecule has 1 aliphatic heterocycles. The number of hydrogen-bond acceptors (Lipinski definition) is 3. The highest BCUT2D eigenvalue weighted by Gasteiger charge is 2.27. The van der Waals surface area contributed by atoms with E-state index in [0.29, 0.717) is 24.7 Å². The van der Waals surface area contributed by atoms with Crippen LogP contribution in [0.25, 0.3) is 10.4 Å². The Labute approximate surface area is 112 Å². The second-order valence-corrected chi connectivity index (χ2v) is 6.71. The largest absolute Gasteiger partial charge is 0.243 e. The van der Waals surface area contributed by atoms with Gasteiger partial charge in [-0.05, 0) is 36.4 Å². The zero-order valence-electron chi connectivity index (χ0n) is 10.7. The lowest BCUT2D eigenvalue weighted by Crippen LogP contribution is -2.37. The van der Waals surface area contributed by atoms with Crippen LogP contribution in [-0.2, 0) is 10.0 Å². The normalized spacial score (nSPS) is 17.9. The number of rotatable bonds is 3.